The van der Waals surface area contributed by atoms with Gasteiger partial charge in [-0.05, 0) is 34.6 Å². The Morgan fingerprint density at radius 3 is 2.59 bits per heavy atom. The molecule has 0 aromatic rings. The van der Waals surface area contributed by atoms with Crippen molar-refractivity contribution in [2.45, 2.75) is 51.0 Å². The van der Waals surface area contributed by atoms with Crippen LogP contribution in [0.4, 0.5) is 4.79 Å². The van der Waals surface area contributed by atoms with Crippen LogP contribution < -0.4 is 0 Å². The number of hydrogen-bond donors (Lipinski definition) is 1. The molecule has 1 fully saturated rings. The number of rotatable bonds is 1. The minimum atomic E-state index is -0.494. The molecule has 0 bridgehead atoms. The summed E-state index contributed by atoms with van der Waals surface area (Å²) in [7, 11) is 0. The first-order valence-electron chi connectivity index (χ1n) is 5.92. The predicted octanol–water partition coefficient (Wildman–Crippen LogP) is 2.11. The highest BCUT2D eigenvalue weighted by molar-refractivity contribution is 8.00. The second kappa shape index (κ2) is 5.06. The molecule has 0 unspecified atom stereocenters. The summed E-state index contributed by atoms with van der Waals surface area (Å²) >= 11 is 1.78. The van der Waals surface area contributed by atoms with E-state index in [4.69, 9.17) is 4.74 Å². The van der Waals surface area contributed by atoms with Crippen LogP contribution in [0.25, 0.3) is 0 Å². The molecule has 1 rings (SSSR count). The molecule has 1 amide bonds. The summed E-state index contributed by atoms with van der Waals surface area (Å²) in [5, 5.41) is 9.48. The quantitative estimate of drug-likeness (QED) is 0.785. The highest BCUT2D eigenvalue weighted by atomic mass is 32.2. The number of hydrogen-bond acceptors (Lipinski definition) is 4. The van der Waals surface area contributed by atoms with Crippen LogP contribution in [0, 0.1) is 0 Å². The van der Waals surface area contributed by atoms with E-state index in [0.717, 1.165) is 5.75 Å². The Morgan fingerprint density at radius 1 is 1.53 bits per heavy atom. The molecule has 1 heterocycles. The van der Waals surface area contributed by atoms with Crippen molar-refractivity contribution in [1.82, 2.24) is 4.90 Å². The third kappa shape index (κ3) is 3.78. The van der Waals surface area contributed by atoms with Gasteiger partial charge >= 0.3 is 6.09 Å². The van der Waals surface area contributed by atoms with Crippen molar-refractivity contribution in [2.24, 2.45) is 0 Å². The number of carbonyl (C=O) groups is 1. The lowest BCUT2D eigenvalue weighted by Crippen LogP contribution is -2.57. The third-order valence-corrected chi connectivity index (χ3v) is 4.19. The zero-order chi connectivity index (χ0) is 13.3. The summed E-state index contributed by atoms with van der Waals surface area (Å²) in [5.41, 5.74) is -0.494. The minimum absolute atomic E-state index is 0.0285. The number of ether oxygens (including phenoxy) is 1. The largest absolute Gasteiger partial charge is 0.444 e. The molecule has 0 aliphatic carbocycles. The van der Waals surface area contributed by atoms with Crippen molar-refractivity contribution in [3.05, 3.63) is 0 Å². The Hall–Kier alpha value is -0.420. The standard InChI is InChI=1S/C12H23NO3S/c1-11(2,3)16-10(15)13-6-7-17-12(4,5)9(13)8-14/h9,14H,6-8H2,1-5H3/t9-/m0/s1. The average Bonchev–Trinajstić information content (AvgIpc) is 2.13. The zero-order valence-electron chi connectivity index (χ0n) is 11.3. The van der Waals surface area contributed by atoms with Gasteiger partial charge in [-0.1, -0.05) is 0 Å². The van der Waals surface area contributed by atoms with E-state index in [9.17, 15) is 9.90 Å². The van der Waals surface area contributed by atoms with Gasteiger partial charge in [0.15, 0.2) is 0 Å². The molecule has 1 atom stereocenters. The Morgan fingerprint density at radius 2 is 2.12 bits per heavy atom. The molecule has 0 saturated carbocycles. The lowest BCUT2D eigenvalue weighted by molar-refractivity contribution is 0.00532. The van der Waals surface area contributed by atoms with E-state index in [0.29, 0.717) is 6.54 Å². The fourth-order valence-electron chi connectivity index (χ4n) is 1.89. The van der Waals surface area contributed by atoms with Crippen molar-refractivity contribution in [3.63, 3.8) is 0 Å². The minimum Gasteiger partial charge on any atom is -0.444 e. The van der Waals surface area contributed by atoms with Crippen LogP contribution in [-0.4, -0.2) is 51.4 Å². The molecule has 0 spiro atoms. The lowest BCUT2D eigenvalue weighted by atomic mass is 10.0. The molecule has 0 aromatic heterocycles. The first-order valence-corrected chi connectivity index (χ1v) is 6.90. The monoisotopic (exact) mass is 261 g/mol. The molecule has 1 saturated heterocycles. The van der Waals surface area contributed by atoms with Crippen molar-refractivity contribution in [2.75, 3.05) is 18.9 Å². The molecule has 1 aliphatic heterocycles. The summed E-state index contributed by atoms with van der Waals surface area (Å²) in [6, 6.07) is -0.184. The molecule has 4 nitrogen and oxygen atoms in total. The Balaban J connectivity index is 2.78. The number of carbonyl (C=O) groups excluding carboxylic acids is 1. The highest BCUT2D eigenvalue weighted by Gasteiger charge is 2.41. The third-order valence-electron chi connectivity index (χ3n) is 2.79. The van der Waals surface area contributed by atoms with E-state index in [1.165, 1.54) is 0 Å². The van der Waals surface area contributed by atoms with Crippen LogP contribution >= 0.6 is 11.8 Å². The number of nitrogens with zero attached hydrogens (tertiary/aromatic N) is 1. The van der Waals surface area contributed by atoms with Gasteiger partial charge in [-0.2, -0.15) is 11.8 Å². The van der Waals surface area contributed by atoms with Crippen LogP contribution in [0.5, 0.6) is 0 Å². The number of amides is 1. The molecule has 100 valence electrons. The number of aliphatic hydroxyl groups excluding tert-OH is 1. The number of thioether (sulfide) groups is 1. The van der Waals surface area contributed by atoms with E-state index in [1.807, 2.05) is 20.8 Å². The molecule has 0 aromatic carbocycles. The van der Waals surface area contributed by atoms with Crippen LogP contribution in [0.2, 0.25) is 0 Å². The highest BCUT2D eigenvalue weighted by Crippen LogP contribution is 2.35. The van der Waals surface area contributed by atoms with E-state index >= 15 is 0 Å². The zero-order valence-corrected chi connectivity index (χ0v) is 12.1. The van der Waals surface area contributed by atoms with E-state index in [-0.39, 0.29) is 23.5 Å². The normalized spacial score (nSPS) is 24.6. The first kappa shape index (κ1) is 14.6. The summed E-state index contributed by atoms with van der Waals surface area (Å²) < 4.78 is 5.23. The van der Waals surface area contributed by atoms with Crippen molar-refractivity contribution in [1.29, 1.82) is 0 Å². The summed E-state index contributed by atoms with van der Waals surface area (Å²) in [6.45, 7) is 10.3. The first-order chi connectivity index (χ1) is 7.67. The maximum Gasteiger partial charge on any atom is 0.410 e. The van der Waals surface area contributed by atoms with Gasteiger partial charge in [-0.3, -0.25) is 0 Å². The van der Waals surface area contributed by atoms with Crippen molar-refractivity contribution in [3.8, 4) is 0 Å². The van der Waals surface area contributed by atoms with Crippen LogP contribution in [0.15, 0.2) is 0 Å². The predicted molar refractivity (Wildman–Crippen MR) is 70.4 cm³/mol. The summed E-state index contributed by atoms with van der Waals surface area (Å²) in [4.78, 5) is 13.7. The number of aliphatic hydroxyl groups is 1. The van der Waals surface area contributed by atoms with Gasteiger partial charge in [0.2, 0.25) is 0 Å². The van der Waals surface area contributed by atoms with Gasteiger partial charge in [0.05, 0.1) is 12.6 Å². The summed E-state index contributed by atoms with van der Waals surface area (Å²) in [5.74, 6) is 0.878. The van der Waals surface area contributed by atoms with E-state index in [1.54, 1.807) is 16.7 Å². The maximum atomic E-state index is 12.1. The Kier molecular flexibility index (Phi) is 4.36. The van der Waals surface area contributed by atoms with Gasteiger partial charge in [0.1, 0.15) is 5.60 Å². The molecular formula is C12H23NO3S. The topological polar surface area (TPSA) is 49.8 Å². The van der Waals surface area contributed by atoms with Crippen LogP contribution in [-0.2, 0) is 4.74 Å². The van der Waals surface area contributed by atoms with Gasteiger partial charge < -0.3 is 14.7 Å². The second-order valence-electron chi connectivity index (χ2n) is 5.82. The smallest absolute Gasteiger partial charge is 0.410 e. The van der Waals surface area contributed by atoms with Gasteiger partial charge in [0, 0.05) is 17.0 Å². The fourth-order valence-corrected chi connectivity index (χ4v) is 3.10. The SMILES string of the molecule is CC(C)(C)OC(=O)N1CCSC(C)(C)[C@@H]1CO. The molecule has 17 heavy (non-hydrogen) atoms. The van der Waals surface area contributed by atoms with Crippen molar-refractivity contribution >= 4 is 17.9 Å². The molecule has 0 radical (unpaired) electrons. The molecule has 1 N–H and O–H groups in total. The van der Waals surface area contributed by atoms with Crippen LogP contribution in [0.3, 0.4) is 0 Å². The Bertz CT molecular complexity index is 286. The second-order valence-corrected chi connectivity index (χ2v) is 7.57. The maximum absolute atomic E-state index is 12.1. The Labute approximate surface area is 108 Å². The van der Waals surface area contributed by atoms with E-state index < -0.39 is 5.60 Å². The van der Waals surface area contributed by atoms with Gasteiger partial charge in [0.25, 0.3) is 0 Å². The van der Waals surface area contributed by atoms with Gasteiger partial charge in [-0.25, -0.2) is 4.79 Å². The molecule has 5 heteroatoms. The fraction of sp³-hybridized carbons (Fsp3) is 0.917. The lowest BCUT2D eigenvalue weighted by Gasteiger charge is -2.45. The average molecular weight is 261 g/mol. The van der Waals surface area contributed by atoms with Crippen molar-refractivity contribution < 1.29 is 14.6 Å². The molecule has 1 aliphatic rings. The molecular weight excluding hydrogens is 238 g/mol. The van der Waals surface area contributed by atoms with Gasteiger partial charge in [-0.15, -0.1) is 0 Å². The van der Waals surface area contributed by atoms with Crippen LogP contribution in [0.1, 0.15) is 34.6 Å². The van der Waals surface area contributed by atoms with E-state index in [2.05, 4.69) is 13.8 Å². The summed E-state index contributed by atoms with van der Waals surface area (Å²) in [6.07, 6.45) is -0.329.